The summed E-state index contributed by atoms with van der Waals surface area (Å²) >= 11 is 0. The number of carbonyl (C=O) groups excluding carboxylic acids is 3. The number of rotatable bonds is 6. The molecule has 5 rings (SSSR count). The Kier molecular flexibility index (Phi) is 7.84. The van der Waals surface area contributed by atoms with E-state index in [0.29, 0.717) is 31.7 Å². The lowest BCUT2D eigenvalue weighted by atomic mass is 9.75. The molecule has 8 heteroatoms. The fourth-order valence-corrected chi connectivity index (χ4v) is 6.07. The molecule has 3 amide bonds. The molecule has 2 aliphatic heterocycles. The van der Waals surface area contributed by atoms with Crippen LogP contribution in [0.3, 0.4) is 0 Å². The Labute approximate surface area is 218 Å². The molecule has 37 heavy (non-hydrogen) atoms. The molecule has 1 spiro atoms. The zero-order valence-electron chi connectivity index (χ0n) is 21.3. The van der Waals surface area contributed by atoms with Gasteiger partial charge in [0.1, 0.15) is 6.04 Å². The van der Waals surface area contributed by atoms with Gasteiger partial charge in [-0.2, -0.15) is 0 Å². The molecule has 1 aromatic heterocycles. The summed E-state index contributed by atoms with van der Waals surface area (Å²) in [6.45, 7) is 1.13. The zero-order valence-corrected chi connectivity index (χ0v) is 21.3. The summed E-state index contributed by atoms with van der Waals surface area (Å²) in [7, 11) is 0. The number of carbonyl (C=O) groups is 3. The first-order valence-electron chi connectivity index (χ1n) is 13.6. The monoisotopic (exact) mass is 504 g/mol. The van der Waals surface area contributed by atoms with Gasteiger partial charge in [0.15, 0.2) is 0 Å². The Morgan fingerprint density at radius 2 is 1.73 bits per heavy atom. The lowest BCUT2D eigenvalue weighted by molar-refractivity contribution is -0.127. The maximum Gasteiger partial charge on any atom is 0.247 e. The number of ether oxygens (including phenoxy) is 1. The maximum absolute atomic E-state index is 13.6. The largest absolute Gasteiger partial charge is 0.381 e. The van der Waals surface area contributed by atoms with Gasteiger partial charge in [-0.05, 0) is 67.0 Å². The number of aromatic nitrogens is 1. The van der Waals surface area contributed by atoms with Crippen LogP contribution in [-0.4, -0.2) is 42.0 Å². The summed E-state index contributed by atoms with van der Waals surface area (Å²) < 4.78 is 5.49. The highest BCUT2D eigenvalue weighted by Gasteiger charge is 2.47. The first-order valence-corrected chi connectivity index (χ1v) is 13.6. The fourth-order valence-electron chi connectivity index (χ4n) is 6.07. The van der Waals surface area contributed by atoms with Gasteiger partial charge < -0.3 is 20.7 Å². The van der Waals surface area contributed by atoms with Crippen molar-refractivity contribution in [2.24, 2.45) is 5.92 Å². The summed E-state index contributed by atoms with van der Waals surface area (Å²) in [6, 6.07) is 8.66. The predicted octanol–water partition coefficient (Wildman–Crippen LogP) is 4.11. The zero-order chi connectivity index (χ0) is 25.7. The van der Waals surface area contributed by atoms with Crippen molar-refractivity contribution in [3.05, 3.63) is 53.9 Å². The Morgan fingerprint density at radius 1 is 1.03 bits per heavy atom. The van der Waals surface area contributed by atoms with Gasteiger partial charge in [-0.25, -0.2) is 0 Å². The third-order valence-corrected chi connectivity index (χ3v) is 8.17. The second kappa shape index (κ2) is 11.4. The molecular formula is C29H36N4O4. The minimum atomic E-state index is -0.614. The van der Waals surface area contributed by atoms with Crippen LogP contribution < -0.4 is 16.0 Å². The van der Waals surface area contributed by atoms with Crippen molar-refractivity contribution < 1.29 is 19.1 Å². The SMILES string of the molecule is O=C(Cc1ccncc1)N[C@H](C(=O)Nc1ccc2c(c1)NC(=O)C21CCOCC1)C1CCCCCCC1. The summed E-state index contributed by atoms with van der Waals surface area (Å²) in [4.78, 5) is 43.5. The summed E-state index contributed by atoms with van der Waals surface area (Å²) in [5, 5.41) is 9.11. The summed E-state index contributed by atoms with van der Waals surface area (Å²) in [5.41, 5.74) is 2.65. The Balaban J connectivity index is 1.32. The van der Waals surface area contributed by atoms with E-state index in [-0.39, 0.29) is 30.1 Å². The van der Waals surface area contributed by atoms with Crippen molar-refractivity contribution in [2.75, 3.05) is 23.8 Å². The molecule has 2 aromatic rings. The van der Waals surface area contributed by atoms with E-state index in [9.17, 15) is 14.4 Å². The normalized spacial score (nSPS) is 20.3. The number of hydrogen-bond donors (Lipinski definition) is 3. The maximum atomic E-state index is 13.6. The van der Waals surface area contributed by atoms with E-state index < -0.39 is 11.5 Å². The predicted molar refractivity (Wildman–Crippen MR) is 141 cm³/mol. The molecule has 0 radical (unpaired) electrons. The van der Waals surface area contributed by atoms with E-state index in [1.807, 2.05) is 30.3 Å². The van der Waals surface area contributed by atoms with Crippen molar-refractivity contribution in [3.8, 4) is 0 Å². The second-order valence-electron chi connectivity index (χ2n) is 10.6. The van der Waals surface area contributed by atoms with Gasteiger partial charge >= 0.3 is 0 Å². The van der Waals surface area contributed by atoms with E-state index in [2.05, 4.69) is 20.9 Å². The van der Waals surface area contributed by atoms with Crippen LogP contribution in [0.4, 0.5) is 11.4 Å². The molecular weight excluding hydrogens is 468 g/mol. The lowest BCUT2D eigenvalue weighted by Crippen LogP contribution is -2.49. The number of anilines is 2. The van der Waals surface area contributed by atoms with Crippen LogP contribution in [0.5, 0.6) is 0 Å². The lowest BCUT2D eigenvalue weighted by Gasteiger charge is -2.31. The van der Waals surface area contributed by atoms with Crippen LogP contribution in [0.1, 0.15) is 68.9 Å². The van der Waals surface area contributed by atoms with Crippen LogP contribution in [-0.2, 0) is 31.0 Å². The van der Waals surface area contributed by atoms with E-state index in [0.717, 1.165) is 55.3 Å². The number of pyridine rings is 1. The number of nitrogens with one attached hydrogen (secondary N) is 3. The van der Waals surface area contributed by atoms with Gasteiger partial charge in [0.05, 0.1) is 11.8 Å². The molecule has 1 saturated carbocycles. The van der Waals surface area contributed by atoms with Crippen LogP contribution in [0.25, 0.3) is 0 Å². The molecule has 1 atom stereocenters. The van der Waals surface area contributed by atoms with Gasteiger partial charge in [0.25, 0.3) is 0 Å². The molecule has 1 aromatic carbocycles. The third-order valence-electron chi connectivity index (χ3n) is 8.17. The van der Waals surface area contributed by atoms with E-state index in [1.165, 1.54) is 6.42 Å². The highest BCUT2D eigenvalue weighted by atomic mass is 16.5. The highest BCUT2D eigenvalue weighted by molar-refractivity contribution is 6.07. The van der Waals surface area contributed by atoms with Gasteiger partial charge in [0.2, 0.25) is 17.7 Å². The molecule has 3 N–H and O–H groups in total. The summed E-state index contributed by atoms with van der Waals surface area (Å²) in [5.74, 6) is -0.291. The molecule has 3 aliphatic rings. The molecule has 1 saturated heterocycles. The molecule has 3 heterocycles. The minimum absolute atomic E-state index is 0.00468. The van der Waals surface area contributed by atoms with Crippen LogP contribution in [0.15, 0.2) is 42.7 Å². The first kappa shape index (κ1) is 25.4. The average molecular weight is 505 g/mol. The van der Waals surface area contributed by atoms with Gasteiger partial charge in [-0.1, -0.05) is 38.2 Å². The smallest absolute Gasteiger partial charge is 0.247 e. The summed E-state index contributed by atoms with van der Waals surface area (Å²) in [6.07, 6.45) is 12.4. The number of nitrogens with zero attached hydrogens (tertiary/aromatic N) is 1. The molecule has 0 bridgehead atoms. The van der Waals surface area contributed by atoms with E-state index >= 15 is 0 Å². The number of fused-ring (bicyclic) bond motifs is 2. The Hall–Kier alpha value is -3.26. The van der Waals surface area contributed by atoms with Crippen molar-refractivity contribution in [2.45, 2.75) is 75.7 Å². The third kappa shape index (κ3) is 5.69. The fraction of sp³-hybridized carbons (Fsp3) is 0.517. The molecule has 196 valence electrons. The second-order valence-corrected chi connectivity index (χ2v) is 10.6. The van der Waals surface area contributed by atoms with Crippen molar-refractivity contribution in [3.63, 3.8) is 0 Å². The molecule has 1 aliphatic carbocycles. The average Bonchev–Trinajstić information content (AvgIpc) is 3.13. The number of amides is 3. The van der Waals surface area contributed by atoms with Crippen molar-refractivity contribution >= 4 is 29.1 Å². The quantitative estimate of drug-likeness (QED) is 0.549. The van der Waals surface area contributed by atoms with Crippen LogP contribution in [0.2, 0.25) is 0 Å². The van der Waals surface area contributed by atoms with Crippen LogP contribution in [0, 0.1) is 5.92 Å². The Morgan fingerprint density at radius 3 is 2.46 bits per heavy atom. The van der Waals surface area contributed by atoms with Gasteiger partial charge in [-0.3, -0.25) is 19.4 Å². The van der Waals surface area contributed by atoms with E-state index in [1.54, 1.807) is 12.4 Å². The van der Waals surface area contributed by atoms with Gasteiger partial charge in [0, 0.05) is 37.0 Å². The minimum Gasteiger partial charge on any atom is -0.381 e. The topological polar surface area (TPSA) is 109 Å². The standard InChI is InChI=1S/C29H36N4O4/c34-25(18-20-10-14-30-15-11-20)33-26(21-6-4-2-1-3-5-7-21)27(35)31-22-8-9-23-24(19-22)32-28(36)29(23)12-16-37-17-13-29/h8-11,14-15,19,21,26H,1-7,12-13,16-18H2,(H,31,35)(H,32,36)(H,33,34)/t26-/m0/s1. The van der Waals surface area contributed by atoms with Crippen molar-refractivity contribution in [1.82, 2.24) is 10.3 Å². The first-order chi connectivity index (χ1) is 18.0. The highest BCUT2D eigenvalue weighted by Crippen LogP contribution is 2.45. The molecule has 2 fully saturated rings. The molecule has 8 nitrogen and oxygen atoms in total. The number of hydrogen-bond acceptors (Lipinski definition) is 5. The molecule has 0 unspecified atom stereocenters. The Bertz CT molecular complexity index is 1120. The van der Waals surface area contributed by atoms with Crippen LogP contribution >= 0.6 is 0 Å². The van der Waals surface area contributed by atoms with E-state index in [4.69, 9.17) is 4.74 Å². The number of benzene rings is 1. The van der Waals surface area contributed by atoms with Gasteiger partial charge in [-0.15, -0.1) is 0 Å². The van der Waals surface area contributed by atoms with Crippen molar-refractivity contribution in [1.29, 1.82) is 0 Å².